The number of carbonyl (C=O) groups excluding carboxylic acids is 2. The molecule has 0 aliphatic rings. The topological polar surface area (TPSA) is 95.6 Å². The van der Waals surface area contributed by atoms with Crippen molar-refractivity contribution in [1.29, 1.82) is 0 Å². The minimum Gasteiger partial charge on any atom is -0.342 e. The maximum Gasteiger partial charge on any atom is 0.261 e. The minimum absolute atomic E-state index is 0.00944. The van der Waals surface area contributed by atoms with E-state index in [0.717, 1.165) is 30.4 Å². The number of nitrogens with one attached hydrogen (secondary N) is 2. The van der Waals surface area contributed by atoms with Gasteiger partial charge in [-0.3, -0.25) is 14.3 Å². The van der Waals surface area contributed by atoms with Crippen LogP contribution in [-0.2, 0) is 27.8 Å². The Kier molecular flexibility index (Phi) is 8.65. The molecule has 0 unspecified atom stereocenters. The monoisotopic (exact) mass is 493 g/mol. The van der Waals surface area contributed by atoms with E-state index in [4.69, 9.17) is 0 Å². The summed E-state index contributed by atoms with van der Waals surface area (Å²) in [6, 6.07) is 20.4. The molecule has 2 N–H and O–H groups in total. The fraction of sp³-hybridized carbons (Fsp3) is 0.259. The molecule has 0 atom stereocenters. The van der Waals surface area contributed by atoms with Crippen LogP contribution < -0.4 is 10.0 Å². The largest absolute Gasteiger partial charge is 0.342 e. The molecular formula is C27H31N3O4S. The highest BCUT2D eigenvalue weighted by molar-refractivity contribution is 7.92. The summed E-state index contributed by atoms with van der Waals surface area (Å²) in [4.78, 5) is 26.1. The van der Waals surface area contributed by atoms with Gasteiger partial charge in [0, 0.05) is 37.5 Å². The Morgan fingerprint density at radius 1 is 0.943 bits per heavy atom. The lowest BCUT2D eigenvalue weighted by molar-refractivity contribution is -0.128. The predicted octanol–water partition coefficient (Wildman–Crippen LogP) is 5.06. The number of sulfonamides is 1. The van der Waals surface area contributed by atoms with Gasteiger partial charge in [0.2, 0.25) is 5.91 Å². The van der Waals surface area contributed by atoms with Gasteiger partial charge in [-0.15, -0.1) is 0 Å². The zero-order chi connectivity index (χ0) is 25.4. The standard InChI is InChI=1S/C27H31N3O4S/c1-4-5-9-21-14-16-24(17-15-21)29-35(33,34)25-12-8-11-22(18-25)27(32)28-26-13-7-6-10-23(26)19-30(3)20(2)31/h6-8,10-18,29H,4-5,9,19H2,1-3H3,(H,28,32). The molecule has 184 valence electrons. The summed E-state index contributed by atoms with van der Waals surface area (Å²) in [7, 11) is -2.20. The molecule has 7 nitrogen and oxygen atoms in total. The van der Waals surface area contributed by atoms with Gasteiger partial charge in [-0.25, -0.2) is 8.42 Å². The lowest BCUT2D eigenvalue weighted by Gasteiger charge is -2.18. The lowest BCUT2D eigenvalue weighted by Crippen LogP contribution is -2.24. The fourth-order valence-electron chi connectivity index (χ4n) is 3.48. The number of hydrogen-bond donors (Lipinski definition) is 2. The van der Waals surface area contributed by atoms with Gasteiger partial charge in [-0.1, -0.05) is 49.7 Å². The smallest absolute Gasteiger partial charge is 0.261 e. The van der Waals surface area contributed by atoms with Crippen molar-refractivity contribution in [1.82, 2.24) is 4.90 Å². The van der Waals surface area contributed by atoms with Gasteiger partial charge in [0.25, 0.3) is 15.9 Å². The number of carbonyl (C=O) groups is 2. The van der Waals surface area contributed by atoms with Crippen LogP contribution in [0.1, 0.15) is 48.2 Å². The molecule has 0 saturated heterocycles. The number of anilines is 2. The highest BCUT2D eigenvalue weighted by atomic mass is 32.2. The van der Waals surface area contributed by atoms with Crippen LogP contribution >= 0.6 is 0 Å². The first-order valence-electron chi connectivity index (χ1n) is 11.5. The number of para-hydroxylation sites is 1. The number of rotatable bonds is 10. The van der Waals surface area contributed by atoms with Crippen molar-refractivity contribution in [2.45, 2.75) is 44.6 Å². The van der Waals surface area contributed by atoms with Crippen molar-refractivity contribution in [2.24, 2.45) is 0 Å². The summed E-state index contributed by atoms with van der Waals surface area (Å²) in [5, 5.41) is 2.83. The number of benzene rings is 3. The van der Waals surface area contributed by atoms with Gasteiger partial charge in [0.15, 0.2) is 0 Å². The summed E-state index contributed by atoms with van der Waals surface area (Å²) in [6.07, 6.45) is 3.13. The highest BCUT2D eigenvalue weighted by Crippen LogP contribution is 2.21. The summed E-state index contributed by atoms with van der Waals surface area (Å²) < 4.78 is 28.5. The van der Waals surface area contributed by atoms with Gasteiger partial charge in [-0.2, -0.15) is 0 Å². The molecule has 0 fully saturated rings. The van der Waals surface area contributed by atoms with Crippen molar-refractivity contribution >= 4 is 33.2 Å². The number of aryl methyl sites for hydroxylation is 1. The predicted molar refractivity (Wildman–Crippen MR) is 139 cm³/mol. The first kappa shape index (κ1) is 26.0. The molecule has 35 heavy (non-hydrogen) atoms. The van der Waals surface area contributed by atoms with Crippen molar-refractivity contribution in [3.8, 4) is 0 Å². The van der Waals surface area contributed by atoms with Gasteiger partial charge in [-0.05, 0) is 60.4 Å². The van der Waals surface area contributed by atoms with Crippen LogP contribution in [0.15, 0.2) is 77.7 Å². The van der Waals surface area contributed by atoms with Crippen LogP contribution in [0.2, 0.25) is 0 Å². The third-order valence-electron chi connectivity index (χ3n) is 5.64. The summed E-state index contributed by atoms with van der Waals surface area (Å²) in [5.74, 6) is -0.535. The molecule has 0 bridgehead atoms. The molecule has 8 heteroatoms. The molecule has 0 heterocycles. The van der Waals surface area contributed by atoms with Crippen molar-refractivity contribution in [3.05, 3.63) is 89.5 Å². The van der Waals surface area contributed by atoms with E-state index in [1.807, 2.05) is 24.3 Å². The Morgan fingerprint density at radius 2 is 1.66 bits per heavy atom. The number of hydrogen-bond acceptors (Lipinski definition) is 4. The maximum atomic E-state index is 13.0. The van der Waals surface area contributed by atoms with E-state index in [1.54, 1.807) is 42.3 Å². The molecule has 0 radical (unpaired) electrons. The second kappa shape index (κ2) is 11.7. The van der Waals surface area contributed by atoms with Gasteiger partial charge in [0.1, 0.15) is 0 Å². The molecule has 0 saturated carbocycles. The van der Waals surface area contributed by atoms with Crippen LogP contribution in [0.5, 0.6) is 0 Å². The summed E-state index contributed by atoms with van der Waals surface area (Å²) >= 11 is 0. The van der Waals surface area contributed by atoms with Gasteiger partial charge in [0.05, 0.1) is 4.90 Å². The van der Waals surface area contributed by atoms with Crippen LogP contribution in [0.25, 0.3) is 0 Å². The second-order valence-electron chi connectivity index (χ2n) is 8.42. The van der Waals surface area contributed by atoms with Crippen LogP contribution in [0, 0.1) is 0 Å². The first-order chi connectivity index (χ1) is 16.7. The summed E-state index contributed by atoms with van der Waals surface area (Å²) in [6.45, 7) is 3.94. The number of unbranched alkanes of at least 4 members (excludes halogenated alkanes) is 1. The molecule has 0 aliphatic heterocycles. The minimum atomic E-state index is -3.88. The van der Waals surface area contributed by atoms with E-state index in [0.29, 0.717) is 17.9 Å². The molecular weight excluding hydrogens is 462 g/mol. The van der Waals surface area contributed by atoms with E-state index in [1.165, 1.54) is 25.1 Å². The Hall–Kier alpha value is -3.65. The second-order valence-corrected chi connectivity index (χ2v) is 10.1. The molecule has 3 rings (SSSR count). The molecule has 3 aromatic rings. The third kappa shape index (κ3) is 7.16. The van der Waals surface area contributed by atoms with Crippen LogP contribution in [0.3, 0.4) is 0 Å². The van der Waals surface area contributed by atoms with E-state index in [-0.39, 0.29) is 16.4 Å². The van der Waals surface area contributed by atoms with E-state index in [9.17, 15) is 18.0 Å². The lowest BCUT2D eigenvalue weighted by atomic mass is 10.1. The average Bonchev–Trinajstić information content (AvgIpc) is 2.84. The van der Waals surface area contributed by atoms with E-state index < -0.39 is 15.9 Å². The quantitative estimate of drug-likeness (QED) is 0.413. The number of nitrogens with zero attached hydrogens (tertiary/aromatic N) is 1. The highest BCUT2D eigenvalue weighted by Gasteiger charge is 2.18. The summed E-state index contributed by atoms with van der Waals surface area (Å²) in [5.41, 5.74) is 3.15. The average molecular weight is 494 g/mol. The van der Waals surface area contributed by atoms with Gasteiger partial charge < -0.3 is 10.2 Å². The number of amides is 2. The Balaban J connectivity index is 1.75. The van der Waals surface area contributed by atoms with Crippen LogP contribution in [-0.4, -0.2) is 32.2 Å². The molecule has 2 amide bonds. The molecule has 3 aromatic carbocycles. The van der Waals surface area contributed by atoms with Crippen molar-refractivity contribution in [2.75, 3.05) is 17.1 Å². The van der Waals surface area contributed by atoms with Crippen molar-refractivity contribution < 1.29 is 18.0 Å². The Labute approximate surface area is 207 Å². The fourth-order valence-corrected chi connectivity index (χ4v) is 4.58. The van der Waals surface area contributed by atoms with E-state index in [2.05, 4.69) is 17.0 Å². The zero-order valence-corrected chi connectivity index (χ0v) is 21.1. The maximum absolute atomic E-state index is 13.0. The third-order valence-corrected chi connectivity index (χ3v) is 7.02. The van der Waals surface area contributed by atoms with Crippen molar-refractivity contribution in [3.63, 3.8) is 0 Å². The Bertz CT molecular complexity index is 1290. The van der Waals surface area contributed by atoms with Gasteiger partial charge >= 0.3 is 0 Å². The normalized spacial score (nSPS) is 11.1. The molecule has 0 spiro atoms. The van der Waals surface area contributed by atoms with Crippen LogP contribution in [0.4, 0.5) is 11.4 Å². The Morgan fingerprint density at radius 3 is 2.34 bits per heavy atom. The molecule has 0 aromatic heterocycles. The SMILES string of the molecule is CCCCc1ccc(NS(=O)(=O)c2cccc(C(=O)Nc3ccccc3CN(C)C(C)=O)c2)cc1. The van der Waals surface area contributed by atoms with E-state index >= 15 is 0 Å². The first-order valence-corrected chi connectivity index (χ1v) is 13.0. The molecule has 0 aliphatic carbocycles. The zero-order valence-electron chi connectivity index (χ0n) is 20.2.